The number of hydrogen-bond donors (Lipinski definition) is 1. The van der Waals surface area contributed by atoms with Crippen molar-refractivity contribution in [1.29, 1.82) is 0 Å². The standard InChI is InChI=1S/C14H17F2N3/c1-19-11-6-5-10(15)13(16)14(11)18-12(19)8-9-4-2-3-7-17-9/h5-6,9,17H,2-4,7-8H2,1H3. The van der Waals surface area contributed by atoms with Gasteiger partial charge in [0.15, 0.2) is 11.6 Å². The minimum absolute atomic E-state index is 0.133. The first-order valence-electron chi connectivity index (χ1n) is 6.69. The second kappa shape index (κ2) is 4.89. The highest BCUT2D eigenvalue weighted by molar-refractivity contribution is 5.76. The van der Waals surface area contributed by atoms with Crippen LogP contribution in [0.3, 0.4) is 0 Å². The number of piperidine rings is 1. The molecule has 102 valence electrons. The summed E-state index contributed by atoms with van der Waals surface area (Å²) in [6, 6.07) is 3.12. The quantitative estimate of drug-likeness (QED) is 0.904. The second-order valence-corrected chi connectivity index (χ2v) is 5.17. The molecule has 2 heterocycles. The highest BCUT2D eigenvalue weighted by Gasteiger charge is 2.19. The van der Waals surface area contributed by atoms with Crippen LogP contribution in [-0.4, -0.2) is 22.1 Å². The molecule has 0 aliphatic carbocycles. The Kier molecular flexibility index (Phi) is 3.22. The molecule has 3 nitrogen and oxygen atoms in total. The fraction of sp³-hybridized carbons (Fsp3) is 0.500. The molecule has 0 saturated carbocycles. The summed E-state index contributed by atoms with van der Waals surface area (Å²) >= 11 is 0. The zero-order valence-corrected chi connectivity index (χ0v) is 10.9. The van der Waals surface area contributed by atoms with Gasteiger partial charge in [-0.1, -0.05) is 6.42 Å². The fourth-order valence-corrected chi connectivity index (χ4v) is 2.75. The number of rotatable bonds is 2. The van der Waals surface area contributed by atoms with Gasteiger partial charge in [-0.15, -0.1) is 0 Å². The molecule has 1 N–H and O–H groups in total. The van der Waals surface area contributed by atoms with Crippen LogP contribution in [0.5, 0.6) is 0 Å². The lowest BCUT2D eigenvalue weighted by Gasteiger charge is -2.22. The first-order chi connectivity index (χ1) is 9.16. The van der Waals surface area contributed by atoms with Crippen molar-refractivity contribution in [2.75, 3.05) is 6.54 Å². The summed E-state index contributed by atoms with van der Waals surface area (Å²) in [7, 11) is 1.85. The molecule has 1 fully saturated rings. The maximum absolute atomic E-state index is 13.7. The third-order valence-corrected chi connectivity index (χ3v) is 3.88. The van der Waals surface area contributed by atoms with Gasteiger partial charge in [0, 0.05) is 19.5 Å². The molecule has 1 atom stereocenters. The molecular formula is C14H17F2N3. The molecule has 1 unspecified atom stereocenters. The topological polar surface area (TPSA) is 29.9 Å². The third kappa shape index (κ3) is 2.23. The molecule has 0 spiro atoms. The lowest BCUT2D eigenvalue weighted by Crippen LogP contribution is -2.36. The van der Waals surface area contributed by atoms with E-state index in [-0.39, 0.29) is 5.52 Å². The third-order valence-electron chi connectivity index (χ3n) is 3.88. The summed E-state index contributed by atoms with van der Waals surface area (Å²) in [6.07, 6.45) is 4.29. The van der Waals surface area contributed by atoms with E-state index < -0.39 is 11.6 Å². The van der Waals surface area contributed by atoms with Gasteiger partial charge >= 0.3 is 0 Å². The molecule has 0 amide bonds. The second-order valence-electron chi connectivity index (χ2n) is 5.17. The van der Waals surface area contributed by atoms with E-state index in [0.29, 0.717) is 11.6 Å². The molecule has 1 aromatic heterocycles. The van der Waals surface area contributed by atoms with Crippen molar-refractivity contribution >= 4 is 11.0 Å². The maximum atomic E-state index is 13.7. The lowest BCUT2D eigenvalue weighted by atomic mass is 10.0. The van der Waals surface area contributed by atoms with Crippen LogP contribution in [0.25, 0.3) is 11.0 Å². The Morgan fingerprint density at radius 3 is 2.95 bits per heavy atom. The van der Waals surface area contributed by atoms with E-state index in [1.807, 2.05) is 11.6 Å². The molecule has 0 bridgehead atoms. The molecule has 2 aromatic rings. The van der Waals surface area contributed by atoms with Crippen molar-refractivity contribution < 1.29 is 8.78 Å². The van der Waals surface area contributed by atoms with Crippen LogP contribution in [0.4, 0.5) is 8.78 Å². The van der Waals surface area contributed by atoms with Gasteiger partial charge in [-0.3, -0.25) is 0 Å². The smallest absolute Gasteiger partial charge is 0.186 e. The number of nitrogens with zero attached hydrogens (tertiary/aromatic N) is 2. The maximum Gasteiger partial charge on any atom is 0.186 e. The number of benzene rings is 1. The highest BCUT2D eigenvalue weighted by Crippen LogP contribution is 2.22. The van der Waals surface area contributed by atoms with Crippen LogP contribution in [0.1, 0.15) is 25.1 Å². The summed E-state index contributed by atoms with van der Waals surface area (Å²) in [5.41, 5.74) is 0.776. The Morgan fingerprint density at radius 2 is 2.21 bits per heavy atom. The highest BCUT2D eigenvalue weighted by atomic mass is 19.2. The van der Waals surface area contributed by atoms with Crippen molar-refractivity contribution in [3.8, 4) is 0 Å². The van der Waals surface area contributed by atoms with Crippen LogP contribution < -0.4 is 5.32 Å². The fourth-order valence-electron chi connectivity index (χ4n) is 2.75. The average Bonchev–Trinajstić information content (AvgIpc) is 2.73. The number of fused-ring (bicyclic) bond motifs is 1. The van der Waals surface area contributed by atoms with Gasteiger partial charge in [-0.25, -0.2) is 13.8 Å². The number of aryl methyl sites for hydroxylation is 1. The molecule has 0 radical (unpaired) electrons. The van der Waals surface area contributed by atoms with Crippen LogP contribution in [-0.2, 0) is 13.5 Å². The minimum Gasteiger partial charge on any atom is -0.331 e. The van der Waals surface area contributed by atoms with E-state index in [2.05, 4.69) is 10.3 Å². The minimum atomic E-state index is -0.851. The van der Waals surface area contributed by atoms with Gasteiger partial charge in [-0.05, 0) is 31.5 Å². The molecule has 5 heteroatoms. The van der Waals surface area contributed by atoms with Gasteiger partial charge in [0.2, 0.25) is 0 Å². The van der Waals surface area contributed by atoms with Crippen molar-refractivity contribution in [2.24, 2.45) is 7.05 Å². The Hall–Kier alpha value is -1.49. The molecule has 1 aromatic carbocycles. The van der Waals surface area contributed by atoms with Crippen LogP contribution >= 0.6 is 0 Å². The lowest BCUT2D eigenvalue weighted by molar-refractivity contribution is 0.392. The molecule has 3 rings (SSSR count). The Balaban J connectivity index is 1.95. The zero-order valence-electron chi connectivity index (χ0n) is 10.9. The van der Waals surface area contributed by atoms with E-state index in [1.165, 1.54) is 12.8 Å². The Morgan fingerprint density at radius 1 is 1.37 bits per heavy atom. The normalized spacial score (nSPS) is 20.1. The van der Waals surface area contributed by atoms with Gasteiger partial charge < -0.3 is 9.88 Å². The van der Waals surface area contributed by atoms with Gasteiger partial charge in [-0.2, -0.15) is 0 Å². The van der Waals surface area contributed by atoms with Crippen LogP contribution in [0, 0.1) is 11.6 Å². The number of aromatic nitrogens is 2. The van der Waals surface area contributed by atoms with E-state index in [4.69, 9.17) is 0 Å². The Bertz CT molecular complexity index is 600. The number of halogens is 2. The first kappa shape index (κ1) is 12.5. The van der Waals surface area contributed by atoms with E-state index in [9.17, 15) is 8.78 Å². The number of hydrogen-bond acceptors (Lipinski definition) is 2. The number of nitrogens with one attached hydrogen (secondary N) is 1. The van der Waals surface area contributed by atoms with Crippen molar-refractivity contribution in [2.45, 2.75) is 31.7 Å². The predicted octanol–water partition coefficient (Wildman–Crippen LogP) is 2.54. The number of imidazole rings is 1. The molecular weight excluding hydrogens is 248 g/mol. The molecule has 1 aliphatic rings. The molecule has 1 saturated heterocycles. The molecule has 1 aliphatic heterocycles. The van der Waals surface area contributed by atoms with Crippen molar-refractivity contribution in [1.82, 2.24) is 14.9 Å². The van der Waals surface area contributed by atoms with E-state index in [0.717, 1.165) is 31.3 Å². The van der Waals surface area contributed by atoms with E-state index >= 15 is 0 Å². The molecule has 19 heavy (non-hydrogen) atoms. The summed E-state index contributed by atoms with van der Waals surface area (Å²) in [4.78, 5) is 4.27. The van der Waals surface area contributed by atoms with Crippen LogP contribution in [0.2, 0.25) is 0 Å². The Labute approximate surface area is 110 Å². The summed E-state index contributed by atoms with van der Waals surface area (Å²) in [5, 5.41) is 3.44. The predicted molar refractivity (Wildman–Crippen MR) is 70.0 cm³/mol. The zero-order chi connectivity index (χ0) is 13.4. The average molecular weight is 265 g/mol. The van der Waals surface area contributed by atoms with Gasteiger partial charge in [0.25, 0.3) is 0 Å². The van der Waals surface area contributed by atoms with Crippen LogP contribution in [0.15, 0.2) is 12.1 Å². The summed E-state index contributed by atoms with van der Waals surface area (Å²) < 4.78 is 28.8. The monoisotopic (exact) mass is 265 g/mol. The van der Waals surface area contributed by atoms with Crippen molar-refractivity contribution in [3.05, 3.63) is 29.6 Å². The van der Waals surface area contributed by atoms with Gasteiger partial charge in [0.05, 0.1) is 5.52 Å². The largest absolute Gasteiger partial charge is 0.331 e. The SMILES string of the molecule is Cn1c(CC2CCCCN2)nc2c(F)c(F)ccc21. The van der Waals surface area contributed by atoms with Gasteiger partial charge in [0.1, 0.15) is 11.3 Å². The van der Waals surface area contributed by atoms with E-state index in [1.54, 1.807) is 6.07 Å². The van der Waals surface area contributed by atoms with Crippen molar-refractivity contribution in [3.63, 3.8) is 0 Å². The summed E-state index contributed by atoms with van der Waals surface area (Å²) in [6.45, 7) is 1.03. The first-order valence-corrected chi connectivity index (χ1v) is 6.69. The summed E-state index contributed by atoms with van der Waals surface area (Å²) in [5.74, 6) is -0.886.